The molecule has 0 spiro atoms. The van der Waals surface area contributed by atoms with Crippen LogP contribution < -0.4 is 5.32 Å². The molecule has 0 aliphatic rings. The summed E-state index contributed by atoms with van der Waals surface area (Å²) >= 11 is 5.71. The van der Waals surface area contributed by atoms with Crippen molar-refractivity contribution in [3.63, 3.8) is 0 Å². The van der Waals surface area contributed by atoms with Crippen LogP contribution in [0.1, 0.15) is 15.9 Å². The zero-order chi connectivity index (χ0) is 16.5. The van der Waals surface area contributed by atoms with Crippen LogP contribution in [0.2, 0.25) is 5.02 Å². The van der Waals surface area contributed by atoms with Gasteiger partial charge in [-0.05, 0) is 30.3 Å². The molecule has 0 bridgehead atoms. The molecule has 2 aromatic carbocycles. The molecule has 0 heterocycles. The Labute approximate surface area is 126 Å². The van der Waals surface area contributed by atoms with Crippen molar-refractivity contribution in [2.24, 2.45) is 0 Å². The minimum absolute atomic E-state index is 0.141. The lowest BCUT2D eigenvalue weighted by Crippen LogP contribution is -2.14. The number of hydrogen-bond acceptors (Lipinski definition) is 1. The number of alkyl halides is 3. The highest BCUT2D eigenvalue weighted by Gasteiger charge is 2.31. The predicted molar refractivity (Wildman–Crippen MR) is 70.8 cm³/mol. The van der Waals surface area contributed by atoms with E-state index in [0.29, 0.717) is 12.1 Å². The van der Waals surface area contributed by atoms with Gasteiger partial charge in [-0.15, -0.1) is 0 Å². The monoisotopic (exact) mass is 335 g/mol. The third-order valence-electron chi connectivity index (χ3n) is 2.67. The van der Waals surface area contributed by atoms with Gasteiger partial charge in [-0.2, -0.15) is 13.2 Å². The molecule has 116 valence electrons. The van der Waals surface area contributed by atoms with Crippen LogP contribution in [-0.4, -0.2) is 5.91 Å². The Hall–Kier alpha value is -2.15. The molecular formula is C14H7ClF5NO. The molecule has 0 saturated heterocycles. The normalized spacial score (nSPS) is 11.4. The fourth-order valence-corrected chi connectivity index (χ4v) is 1.84. The molecule has 2 rings (SSSR count). The number of rotatable bonds is 2. The average molecular weight is 336 g/mol. The Kier molecular flexibility index (Phi) is 4.37. The second-order valence-electron chi connectivity index (χ2n) is 4.30. The number of benzene rings is 2. The molecule has 0 aliphatic heterocycles. The van der Waals surface area contributed by atoms with Crippen LogP contribution in [0.5, 0.6) is 0 Å². The minimum Gasteiger partial charge on any atom is -0.321 e. The van der Waals surface area contributed by atoms with Crippen molar-refractivity contribution in [2.45, 2.75) is 6.18 Å². The van der Waals surface area contributed by atoms with Crippen molar-refractivity contribution in [3.05, 3.63) is 64.2 Å². The summed E-state index contributed by atoms with van der Waals surface area (Å²) in [6, 6.07) is 4.41. The number of carbonyl (C=O) groups excluding carboxylic acids is 1. The maximum Gasteiger partial charge on any atom is 0.416 e. The summed E-state index contributed by atoms with van der Waals surface area (Å²) < 4.78 is 63.9. The van der Waals surface area contributed by atoms with E-state index in [1.54, 1.807) is 0 Å². The molecule has 1 amide bonds. The molecule has 0 fully saturated rings. The standard InChI is InChI=1S/C14H7ClF5NO/c15-11-2-1-8(14(18,19)20)5-12(11)21-13(22)7-3-9(16)6-10(17)4-7/h1-6H,(H,21,22). The smallest absolute Gasteiger partial charge is 0.321 e. The van der Waals surface area contributed by atoms with Crippen molar-refractivity contribution < 1.29 is 26.7 Å². The molecule has 0 aliphatic carbocycles. The van der Waals surface area contributed by atoms with E-state index in [1.165, 1.54) is 0 Å². The van der Waals surface area contributed by atoms with Crippen LogP contribution in [0.25, 0.3) is 0 Å². The Morgan fingerprint density at radius 2 is 1.59 bits per heavy atom. The highest BCUT2D eigenvalue weighted by molar-refractivity contribution is 6.34. The van der Waals surface area contributed by atoms with Gasteiger partial charge in [-0.1, -0.05) is 11.6 Å². The maximum atomic E-state index is 13.0. The molecule has 0 saturated carbocycles. The van der Waals surface area contributed by atoms with Gasteiger partial charge in [0.05, 0.1) is 16.3 Å². The molecule has 1 N–H and O–H groups in total. The van der Waals surface area contributed by atoms with Crippen LogP contribution in [-0.2, 0) is 6.18 Å². The minimum atomic E-state index is -4.62. The summed E-state index contributed by atoms with van der Waals surface area (Å²) in [6.45, 7) is 0. The molecule has 2 nitrogen and oxygen atoms in total. The molecule has 0 atom stereocenters. The first kappa shape index (κ1) is 16.2. The van der Waals surface area contributed by atoms with Crippen molar-refractivity contribution >= 4 is 23.2 Å². The number of carbonyl (C=O) groups is 1. The van der Waals surface area contributed by atoms with Crippen molar-refractivity contribution in [2.75, 3.05) is 5.32 Å². The summed E-state index contributed by atoms with van der Waals surface area (Å²) in [5.41, 5.74) is -1.71. The quantitative estimate of drug-likeness (QED) is 0.778. The Bertz CT molecular complexity index is 709. The summed E-state index contributed by atoms with van der Waals surface area (Å²) in [4.78, 5) is 11.8. The van der Waals surface area contributed by atoms with E-state index in [-0.39, 0.29) is 16.3 Å². The molecular weight excluding hydrogens is 329 g/mol. The first-order valence-corrected chi connectivity index (χ1v) is 6.19. The lowest BCUT2D eigenvalue weighted by Gasteiger charge is -2.11. The number of halogens is 6. The van der Waals surface area contributed by atoms with Gasteiger partial charge in [0, 0.05) is 11.6 Å². The molecule has 22 heavy (non-hydrogen) atoms. The Morgan fingerprint density at radius 1 is 1.00 bits per heavy atom. The molecule has 2 aromatic rings. The van der Waals surface area contributed by atoms with Gasteiger partial charge < -0.3 is 5.32 Å². The van der Waals surface area contributed by atoms with Gasteiger partial charge in [0.25, 0.3) is 5.91 Å². The number of amides is 1. The van der Waals surface area contributed by atoms with Crippen LogP contribution in [0.4, 0.5) is 27.6 Å². The topological polar surface area (TPSA) is 29.1 Å². The molecule has 0 radical (unpaired) electrons. The fourth-order valence-electron chi connectivity index (χ4n) is 1.68. The van der Waals surface area contributed by atoms with Crippen molar-refractivity contribution in [3.8, 4) is 0 Å². The first-order valence-electron chi connectivity index (χ1n) is 5.81. The highest BCUT2D eigenvalue weighted by atomic mass is 35.5. The van der Waals surface area contributed by atoms with E-state index in [9.17, 15) is 26.7 Å². The zero-order valence-electron chi connectivity index (χ0n) is 10.6. The summed E-state index contributed by atoms with van der Waals surface area (Å²) in [5, 5.41) is 1.95. The van der Waals surface area contributed by atoms with E-state index in [0.717, 1.165) is 24.3 Å². The zero-order valence-corrected chi connectivity index (χ0v) is 11.4. The number of nitrogens with one attached hydrogen (secondary N) is 1. The van der Waals surface area contributed by atoms with Gasteiger partial charge >= 0.3 is 6.18 Å². The van der Waals surface area contributed by atoms with E-state index in [1.807, 2.05) is 0 Å². The van der Waals surface area contributed by atoms with E-state index in [2.05, 4.69) is 5.32 Å². The largest absolute Gasteiger partial charge is 0.416 e. The SMILES string of the molecule is O=C(Nc1cc(C(F)(F)F)ccc1Cl)c1cc(F)cc(F)c1. The number of hydrogen-bond donors (Lipinski definition) is 1. The van der Waals surface area contributed by atoms with Crippen molar-refractivity contribution in [1.29, 1.82) is 0 Å². The summed E-state index contributed by atoms with van der Waals surface area (Å²) in [5.74, 6) is -2.96. The second kappa shape index (κ2) is 5.92. The van der Waals surface area contributed by atoms with Gasteiger partial charge in [0.2, 0.25) is 0 Å². The van der Waals surface area contributed by atoms with Crippen molar-refractivity contribution in [1.82, 2.24) is 0 Å². The first-order chi connectivity index (χ1) is 10.2. The van der Waals surface area contributed by atoms with Crippen LogP contribution in [0, 0.1) is 11.6 Å². The summed E-state index contributed by atoms with van der Waals surface area (Å²) in [6.07, 6.45) is -4.62. The average Bonchev–Trinajstić information content (AvgIpc) is 2.38. The molecule has 0 aromatic heterocycles. The van der Waals surface area contributed by atoms with Gasteiger partial charge in [-0.3, -0.25) is 4.79 Å². The van der Waals surface area contributed by atoms with E-state index < -0.39 is 29.3 Å². The summed E-state index contributed by atoms with van der Waals surface area (Å²) in [7, 11) is 0. The van der Waals surface area contributed by atoms with E-state index >= 15 is 0 Å². The lowest BCUT2D eigenvalue weighted by atomic mass is 10.1. The number of anilines is 1. The maximum absolute atomic E-state index is 13.0. The molecule has 0 unspecified atom stereocenters. The third kappa shape index (κ3) is 3.73. The van der Waals surface area contributed by atoms with E-state index in [4.69, 9.17) is 11.6 Å². The van der Waals surface area contributed by atoms with Crippen LogP contribution in [0.3, 0.4) is 0 Å². The van der Waals surface area contributed by atoms with Crippen LogP contribution >= 0.6 is 11.6 Å². The van der Waals surface area contributed by atoms with Gasteiger partial charge in [0.15, 0.2) is 0 Å². The Balaban J connectivity index is 2.32. The van der Waals surface area contributed by atoms with Gasteiger partial charge in [-0.25, -0.2) is 8.78 Å². The lowest BCUT2D eigenvalue weighted by molar-refractivity contribution is -0.137. The molecule has 8 heteroatoms. The van der Waals surface area contributed by atoms with Crippen LogP contribution in [0.15, 0.2) is 36.4 Å². The Morgan fingerprint density at radius 3 is 2.14 bits per heavy atom. The predicted octanol–water partition coefficient (Wildman–Crippen LogP) is 4.89. The second-order valence-corrected chi connectivity index (χ2v) is 4.71. The van der Waals surface area contributed by atoms with Gasteiger partial charge in [0.1, 0.15) is 11.6 Å². The highest BCUT2D eigenvalue weighted by Crippen LogP contribution is 2.34. The fraction of sp³-hybridized carbons (Fsp3) is 0.0714. The third-order valence-corrected chi connectivity index (χ3v) is 3.00.